The molecule has 0 aromatic carbocycles. The summed E-state index contributed by atoms with van der Waals surface area (Å²) >= 11 is 0. The molecule has 7 nitrogen and oxygen atoms in total. The molecule has 1 atom stereocenters. The van der Waals surface area contributed by atoms with E-state index in [1.807, 2.05) is 13.8 Å². The third-order valence-electron chi connectivity index (χ3n) is 4.20. The van der Waals surface area contributed by atoms with Crippen LogP contribution in [0.15, 0.2) is 39.9 Å². The largest absolute Gasteiger partial charge is 0.463 e. The van der Waals surface area contributed by atoms with Gasteiger partial charge in [0.25, 0.3) is 0 Å². The van der Waals surface area contributed by atoms with Crippen LogP contribution in [0.4, 0.5) is 19.0 Å². The second-order valence-electron chi connectivity index (χ2n) is 7.02. The van der Waals surface area contributed by atoms with Crippen LogP contribution in [0.25, 0.3) is 0 Å². The Morgan fingerprint density at radius 3 is 2.45 bits per heavy atom. The number of aryl methyl sites for hydroxylation is 1. The number of aromatic nitrogens is 1. The van der Waals surface area contributed by atoms with Gasteiger partial charge in [0.1, 0.15) is 22.9 Å². The Kier molecular flexibility index (Phi) is 10.6. The topological polar surface area (TPSA) is 94.7 Å². The number of aliphatic imine (C=N–C) groups is 1. The van der Waals surface area contributed by atoms with Crippen molar-refractivity contribution in [1.29, 1.82) is 0 Å². The number of rotatable bonds is 9. The number of anilines is 1. The number of furan rings is 1. The molecule has 0 amide bonds. The molecular weight excluding hydrogens is 526 g/mol. The molecule has 2 rings (SSSR count). The fraction of sp³-hybridized carbons (Fsp3) is 0.500. The Balaban J connectivity index is 0.00000480. The lowest BCUT2D eigenvalue weighted by molar-refractivity contribution is -0.137. The average molecular weight is 555 g/mol. The number of halogens is 4. The number of hydrogen-bond acceptors (Lipinski definition) is 5. The highest BCUT2D eigenvalue weighted by atomic mass is 127. The molecule has 11 heteroatoms. The van der Waals surface area contributed by atoms with Gasteiger partial charge in [0, 0.05) is 25.8 Å². The lowest BCUT2D eigenvalue weighted by Crippen LogP contribution is -2.39. The standard InChI is InChI=1S/C20H28F3N5O2.HI/c1-4-24-18(28-13-19(3,29)16-8-6-14(2)30-16)26-11-5-10-25-17-9-7-15(12-27-17)20(21,22)23;/h6-9,12,29H,4-5,10-11,13H2,1-3H3,(H,25,27)(H2,24,26,28);1H. The van der Waals surface area contributed by atoms with Crippen molar-refractivity contribution in [1.82, 2.24) is 15.6 Å². The van der Waals surface area contributed by atoms with E-state index in [0.717, 1.165) is 12.3 Å². The maximum absolute atomic E-state index is 12.5. The molecule has 0 fully saturated rings. The summed E-state index contributed by atoms with van der Waals surface area (Å²) in [6, 6.07) is 5.82. The minimum atomic E-state index is -4.39. The van der Waals surface area contributed by atoms with Crippen LogP contribution in [-0.2, 0) is 11.8 Å². The number of nitrogens with one attached hydrogen (secondary N) is 3. The molecule has 0 radical (unpaired) electrons. The molecule has 0 aliphatic carbocycles. The van der Waals surface area contributed by atoms with Crippen LogP contribution in [-0.4, -0.2) is 42.2 Å². The average Bonchev–Trinajstić information content (AvgIpc) is 3.13. The van der Waals surface area contributed by atoms with E-state index in [2.05, 4.69) is 25.9 Å². The van der Waals surface area contributed by atoms with E-state index in [1.165, 1.54) is 6.07 Å². The summed E-state index contributed by atoms with van der Waals surface area (Å²) in [7, 11) is 0. The molecule has 0 bridgehead atoms. The van der Waals surface area contributed by atoms with Crippen LogP contribution in [0.3, 0.4) is 0 Å². The first-order chi connectivity index (χ1) is 14.1. The van der Waals surface area contributed by atoms with Crippen molar-refractivity contribution in [3.8, 4) is 0 Å². The quantitative estimate of drug-likeness (QED) is 0.163. The zero-order chi connectivity index (χ0) is 22.2. The Morgan fingerprint density at radius 2 is 1.90 bits per heavy atom. The SMILES string of the molecule is CCNC(=NCC(C)(O)c1ccc(C)o1)NCCCNc1ccc(C(F)(F)F)cn1.I. The summed E-state index contributed by atoms with van der Waals surface area (Å²) in [6.07, 6.45) is -2.90. The summed E-state index contributed by atoms with van der Waals surface area (Å²) < 4.78 is 43.1. The molecule has 0 saturated carbocycles. The van der Waals surface area contributed by atoms with Gasteiger partial charge in [0.2, 0.25) is 0 Å². The van der Waals surface area contributed by atoms with Gasteiger partial charge in [-0.2, -0.15) is 13.2 Å². The predicted molar refractivity (Wildman–Crippen MR) is 125 cm³/mol. The zero-order valence-electron chi connectivity index (χ0n) is 17.7. The Labute approximate surface area is 196 Å². The summed E-state index contributed by atoms with van der Waals surface area (Å²) in [4.78, 5) is 8.17. The van der Waals surface area contributed by atoms with Crippen LogP contribution in [0, 0.1) is 6.92 Å². The van der Waals surface area contributed by atoms with Crippen LogP contribution in [0.2, 0.25) is 0 Å². The highest BCUT2D eigenvalue weighted by Gasteiger charge is 2.30. The number of alkyl halides is 3. The smallest absolute Gasteiger partial charge is 0.417 e. The third-order valence-corrected chi connectivity index (χ3v) is 4.20. The molecule has 31 heavy (non-hydrogen) atoms. The van der Waals surface area contributed by atoms with E-state index >= 15 is 0 Å². The lowest BCUT2D eigenvalue weighted by atomic mass is 10.0. The summed E-state index contributed by atoms with van der Waals surface area (Å²) in [5.41, 5.74) is -2.01. The lowest BCUT2D eigenvalue weighted by Gasteiger charge is -2.19. The molecule has 0 spiro atoms. The van der Waals surface area contributed by atoms with Gasteiger partial charge in [-0.1, -0.05) is 0 Å². The van der Waals surface area contributed by atoms with Gasteiger partial charge in [-0.3, -0.25) is 0 Å². The van der Waals surface area contributed by atoms with Gasteiger partial charge in [-0.25, -0.2) is 9.98 Å². The van der Waals surface area contributed by atoms with Crippen molar-refractivity contribution in [3.05, 3.63) is 47.5 Å². The summed E-state index contributed by atoms with van der Waals surface area (Å²) in [6.45, 7) is 7.24. The van der Waals surface area contributed by atoms with Crippen LogP contribution in [0.1, 0.15) is 37.4 Å². The minimum Gasteiger partial charge on any atom is -0.463 e. The maximum Gasteiger partial charge on any atom is 0.417 e. The fourth-order valence-corrected chi connectivity index (χ4v) is 2.55. The minimum absolute atomic E-state index is 0. The van der Waals surface area contributed by atoms with E-state index < -0.39 is 17.3 Å². The zero-order valence-corrected chi connectivity index (χ0v) is 20.0. The van der Waals surface area contributed by atoms with Crippen molar-refractivity contribution < 1.29 is 22.7 Å². The van der Waals surface area contributed by atoms with Crippen molar-refractivity contribution in [2.24, 2.45) is 4.99 Å². The first-order valence-electron chi connectivity index (χ1n) is 9.70. The second-order valence-corrected chi connectivity index (χ2v) is 7.02. The number of guanidine groups is 1. The third kappa shape index (κ3) is 8.93. The Bertz CT molecular complexity index is 823. The van der Waals surface area contributed by atoms with E-state index in [0.29, 0.717) is 49.4 Å². The molecule has 4 N–H and O–H groups in total. The summed E-state index contributed by atoms with van der Waals surface area (Å²) in [5, 5.41) is 19.8. The summed E-state index contributed by atoms with van der Waals surface area (Å²) in [5.74, 6) is 2.10. The molecule has 0 aliphatic heterocycles. The van der Waals surface area contributed by atoms with E-state index in [4.69, 9.17) is 4.42 Å². The molecule has 0 saturated heterocycles. The molecule has 174 valence electrons. The molecule has 1 unspecified atom stereocenters. The Morgan fingerprint density at radius 1 is 1.16 bits per heavy atom. The van der Waals surface area contributed by atoms with Gasteiger partial charge < -0.3 is 25.5 Å². The molecule has 2 aromatic rings. The molecular formula is C20H29F3IN5O2. The number of aliphatic hydroxyl groups is 1. The highest BCUT2D eigenvalue weighted by molar-refractivity contribution is 14.0. The molecule has 0 aliphatic rings. The monoisotopic (exact) mass is 555 g/mol. The van der Waals surface area contributed by atoms with Crippen LogP contribution in [0.5, 0.6) is 0 Å². The van der Waals surface area contributed by atoms with Crippen molar-refractivity contribution >= 4 is 35.8 Å². The number of hydrogen-bond donors (Lipinski definition) is 4. The van der Waals surface area contributed by atoms with E-state index in [1.54, 1.807) is 19.1 Å². The highest BCUT2D eigenvalue weighted by Crippen LogP contribution is 2.28. The van der Waals surface area contributed by atoms with Crippen molar-refractivity contribution in [2.45, 2.75) is 39.0 Å². The number of pyridine rings is 1. The van der Waals surface area contributed by atoms with E-state index in [9.17, 15) is 18.3 Å². The number of nitrogens with zero attached hydrogens (tertiary/aromatic N) is 2. The Hall–Kier alpha value is -2.02. The van der Waals surface area contributed by atoms with Crippen LogP contribution < -0.4 is 16.0 Å². The van der Waals surface area contributed by atoms with Gasteiger partial charge in [-0.05, 0) is 51.5 Å². The first kappa shape index (κ1) is 27.0. The van der Waals surface area contributed by atoms with Gasteiger partial charge in [0.15, 0.2) is 5.96 Å². The van der Waals surface area contributed by atoms with E-state index in [-0.39, 0.29) is 30.5 Å². The van der Waals surface area contributed by atoms with Gasteiger partial charge in [0.05, 0.1) is 12.1 Å². The maximum atomic E-state index is 12.5. The molecule has 2 heterocycles. The van der Waals surface area contributed by atoms with Crippen molar-refractivity contribution in [3.63, 3.8) is 0 Å². The van der Waals surface area contributed by atoms with Gasteiger partial charge >= 0.3 is 6.18 Å². The predicted octanol–water partition coefficient (Wildman–Crippen LogP) is 3.88. The van der Waals surface area contributed by atoms with Gasteiger partial charge in [-0.15, -0.1) is 24.0 Å². The van der Waals surface area contributed by atoms with Crippen LogP contribution >= 0.6 is 24.0 Å². The van der Waals surface area contributed by atoms with Crippen molar-refractivity contribution in [2.75, 3.05) is 31.5 Å². The first-order valence-corrected chi connectivity index (χ1v) is 9.70. The molecule has 2 aromatic heterocycles. The fourth-order valence-electron chi connectivity index (χ4n) is 2.55. The normalized spacial score (nSPS) is 13.8. The second kappa shape index (κ2) is 12.1.